The lowest BCUT2D eigenvalue weighted by atomic mass is 10.00. The van der Waals surface area contributed by atoms with Crippen molar-refractivity contribution >= 4 is 16.9 Å². The van der Waals surface area contributed by atoms with Gasteiger partial charge in [0.15, 0.2) is 5.82 Å². The molecule has 1 aromatic carbocycles. The number of nitrogens with one attached hydrogen (secondary N) is 1. The first-order valence-electron chi connectivity index (χ1n) is 9.75. The Morgan fingerprint density at radius 3 is 2.87 bits per heavy atom. The molecule has 3 unspecified atom stereocenters. The Labute approximate surface area is 170 Å². The lowest BCUT2D eigenvalue weighted by molar-refractivity contribution is -0.0167. The van der Waals surface area contributed by atoms with Gasteiger partial charge in [0.25, 0.3) is 0 Å². The molecular weight excluding hydrogens is 396 g/mol. The molecule has 4 atom stereocenters. The molecule has 1 fully saturated rings. The lowest BCUT2D eigenvalue weighted by Gasteiger charge is -2.24. The monoisotopic (exact) mass is 417 g/mol. The maximum absolute atomic E-state index is 14.4. The SMILES string of the molecule is Nc1ncnc2c1c(F)cn2C1CC(Oc2cc(F)cc3c2CNCC3)C(O)[C@H]1O. The fraction of sp³-hybridized carbons (Fsp3) is 0.400. The molecule has 2 aromatic heterocycles. The van der Waals surface area contributed by atoms with Crippen molar-refractivity contribution in [1.82, 2.24) is 19.9 Å². The molecule has 0 amide bonds. The minimum Gasteiger partial charge on any atom is -0.487 e. The van der Waals surface area contributed by atoms with Gasteiger partial charge in [0, 0.05) is 30.8 Å². The molecule has 0 bridgehead atoms. The third-order valence-electron chi connectivity index (χ3n) is 5.97. The molecule has 3 aromatic rings. The summed E-state index contributed by atoms with van der Waals surface area (Å²) in [5.74, 6) is -0.694. The van der Waals surface area contributed by atoms with Crippen LogP contribution in [0.5, 0.6) is 5.75 Å². The number of anilines is 1. The van der Waals surface area contributed by atoms with E-state index < -0.39 is 36.0 Å². The minimum absolute atomic E-state index is 0.00373. The van der Waals surface area contributed by atoms with Gasteiger partial charge in [-0.3, -0.25) is 0 Å². The van der Waals surface area contributed by atoms with E-state index in [1.54, 1.807) is 0 Å². The van der Waals surface area contributed by atoms with Crippen molar-refractivity contribution in [3.05, 3.63) is 47.4 Å². The maximum Gasteiger partial charge on any atom is 0.154 e. The van der Waals surface area contributed by atoms with E-state index in [0.717, 1.165) is 17.7 Å². The van der Waals surface area contributed by atoms with Gasteiger partial charge in [0.1, 0.15) is 47.7 Å². The van der Waals surface area contributed by atoms with Crippen LogP contribution < -0.4 is 15.8 Å². The first-order chi connectivity index (χ1) is 14.4. The van der Waals surface area contributed by atoms with E-state index in [2.05, 4.69) is 15.3 Å². The smallest absolute Gasteiger partial charge is 0.154 e. The number of aromatic nitrogens is 3. The third-order valence-corrected chi connectivity index (χ3v) is 5.97. The van der Waals surface area contributed by atoms with Gasteiger partial charge in [-0.15, -0.1) is 0 Å². The van der Waals surface area contributed by atoms with E-state index in [1.165, 1.54) is 29.2 Å². The number of nitrogen functional groups attached to an aromatic ring is 1. The molecule has 8 nitrogen and oxygen atoms in total. The number of hydrogen-bond acceptors (Lipinski definition) is 7. The van der Waals surface area contributed by atoms with E-state index in [0.29, 0.717) is 18.7 Å². The number of fused-ring (bicyclic) bond motifs is 2. The Balaban J connectivity index is 1.47. The van der Waals surface area contributed by atoms with Crippen LogP contribution in [0.15, 0.2) is 24.7 Å². The summed E-state index contributed by atoms with van der Waals surface area (Å²) in [6.45, 7) is 1.28. The van der Waals surface area contributed by atoms with E-state index in [9.17, 15) is 19.0 Å². The second kappa shape index (κ2) is 7.15. The van der Waals surface area contributed by atoms with Gasteiger partial charge in [-0.2, -0.15) is 0 Å². The quantitative estimate of drug-likeness (QED) is 0.503. The molecule has 3 heterocycles. The van der Waals surface area contributed by atoms with E-state index >= 15 is 0 Å². The number of halogens is 2. The van der Waals surface area contributed by atoms with Gasteiger partial charge in [-0.05, 0) is 24.6 Å². The predicted molar refractivity (Wildman–Crippen MR) is 104 cm³/mol. The van der Waals surface area contributed by atoms with Crippen LogP contribution in [-0.4, -0.2) is 49.6 Å². The molecule has 0 spiro atoms. The number of aliphatic hydroxyl groups excluding tert-OH is 2. The largest absolute Gasteiger partial charge is 0.487 e. The zero-order valence-electron chi connectivity index (χ0n) is 15.9. The molecule has 1 aliphatic heterocycles. The highest BCUT2D eigenvalue weighted by Gasteiger charge is 2.45. The van der Waals surface area contributed by atoms with Crippen LogP contribution in [0.3, 0.4) is 0 Å². The van der Waals surface area contributed by atoms with Crippen LogP contribution in [0.2, 0.25) is 0 Å². The number of ether oxygens (including phenoxy) is 1. The Morgan fingerprint density at radius 1 is 1.20 bits per heavy atom. The average Bonchev–Trinajstić information content (AvgIpc) is 3.20. The van der Waals surface area contributed by atoms with Crippen molar-refractivity contribution < 1.29 is 23.7 Å². The number of hydrogen-bond donors (Lipinski definition) is 4. The van der Waals surface area contributed by atoms with Crippen LogP contribution in [0, 0.1) is 11.6 Å². The zero-order valence-corrected chi connectivity index (χ0v) is 15.9. The van der Waals surface area contributed by atoms with Gasteiger partial charge in [0.2, 0.25) is 0 Å². The van der Waals surface area contributed by atoms with Gasteiger partial charge < -0.3 is 30.6 Å². The summed E-state index contributed by atoms with van der Waals surface area (Å²) >= 11 is 0. The van der Waals surface area contributed by atoms with Gasteiger partial charge in [-0.25, -0.2) is 18.7 Å². The Bertz CT molecular complexity index is 1120. The summed E-state index contributed by atoms with van der Waals surface area (Å²) in [5.41, 5.74) is 7.68. The molecule has 1 saturated carbocycles. The highest BCUT2D eigenvalue weighted by atomic mass is 19.1. The van der Waals surface area contributed by atoms with Crippen molar-refractivity contribution in [1.29, 1.82) is 0 Å². The maximum atomic E-state index is 14.4. The van der Waals surface area contributed by atoms with Crippen molar-refractivity contribution in [2.24, 2.45) is 0 Å². The van der Waals surface area contributed by atoms with Crippen molar-refractivity contribution in [2.45, 2.75) is 43.7 Å². The van der Waals surface area contributed by atoms with E-state index in [4.69, 9.17) is 10.5 Å². The molecule has 0 radical (unpaired) electrons. The first kappa shape index (κ1) is 19.2. The summed E-state index contributed by atoms with van der Waals surface area (Å²) in [5, 5.41) is 24.6. The van der Waals surface area contributed by atoms with Crippen LogP contribution in [0.4, 0.5) is 14.6 Å². The first-order valence-corrected chi connectivity index (χ1v) is 9.75. The minimum atomic E-state index is -1.25. The van der Waals surface area contributed by atoms with Crippen molar-refractivity contribution in [3.63, 3.8) is 0 Å². The topological polar surface area (TPSA) is 118 Å². The average molecular weight is 417 g/mol. The molecule has 158 valence electrons. The summed E-state index contributed by atoms with van der Waals surface area (Å²) in [7, 11) is 0. The fourth-order valence-electron chi connectivity index (χ4n) is 4.47. The summed E-state index contributed by atoms with van der Waals surface area (Å²) in [4.78, 5) is 7.88. The summed E-state index contributed by atoms with van der Waals surface area (Å²) < 4.78 is 35.9. The Morgan fingerprint density at radius 2 is 2.03 bits per heavy atom. The molecule has 0 saturated heterocycles. The van der Waals surface area contributed by atoms with E-state index in [1.807, 2.05) is 0 Å². The highest BCUT2D eigenvalue weighted by molar-refractivity contribution is 5.86. The van der Waals surface area contributed by atoms with Crippen LogP contribution in [0.1, 0.15) is 23.6 Å². The third kappa shape index (κ3) is 2.99. The van der Waals surface area contributed by atoms with Gasteiger partial charge in [-0.1, -0.05) is 0 Å². The van der Waals surface area contributed by atoms with Crippen LogP contribution >= 0.6 is 0 Å². The molecule has 1 aliphatic carbocycles. The molecule has 2 aliphatic rings. The Hall–Kier alpha value is -2.82. The van der Waals surface area contributed by atoms with Crippen molar-refractivity contribution in [3.8, 4) is 5.75 Å². The zero-order chi connectivity index (χ0) is 21.0. The predicted octanol–water partition coefficient (Wildman–Crippen LogP) is 1.05. The molecule has 5 N–H and O–H groups in total. The van der Waals surface area contributed by atoms with Crippen LogP contribution in [0.25, 0.3) is 11.0 Å². The fourth-order valence-corrected chi connectivity index (χ4v) is 4.47. The summed E-state index contributed by atoms with van der Waals surface area (Å²) in [6.07, 6.45) is -0.0319. The molecule has 10 heteroatoms. The molecular formula is C20H21F2N5O3. The van der Waals surface area contributed by atoms with Crippen LogP contribution in [-0.2, 0) is 13.0 Å². The highest BCUT2D eigenvalue weighted by Crippen LogP contribution is 2.38. The molecule has 30 heavy (non-hydrogen) atoms. The lowest BCUT2D eigenvalue weighted by Crippen LogP contribution is -2.35. The van der Waals surface area contributed by atoms with Crippen molar-refractivity contribution in [2.75, 3.05) is 12.3 Å². The number of nitrogens with two attached hydrogens (primary N) is 1. The number of benzene rings is 1. The normalized spacial score (nSPS) is 26.1. The second-order valence-electron chi connectivity index (χ2n) is 7.75. The summed E-state index contributed by atoms with van der Waals surface area (Å²) in [6, 6.07) is 2.08. The van der Waals surface area contributed by atoms with Gasteiger partial charge >= 0.3 is 0 Å². The van der Waals surface area contributed by atoms with Gasteiger partial charge in [0.05, 0.1) is 11.4 Å². The standard InChI is InChI=1S/C20H21F2N5O3/c21-10-3-9-1-2-24-6-11(9)14(4-10)30-15-5-13(17(28)18(15)29)27-7-12(22)16-19(23)25-8-26-20(16)27/h3-4,7-8,13,15,17-18,24,28-29H,1-2,5-6H2,(H2,23,25,26)/t13?,15?,17-,18?/m0/s1. The second-order valence-corrected chi connectivity index (χ2v) is 7.75. The molecule has 5 rings (SSSR count). The number of rotatable bonds is 3. The number of aliphatic hydroxyl groups is 2. The Kier molecular flexibility index (Phi) is 4.57. The number of nitrogens with zero attached hydrogens (tertiary/aromatic N) is 3. The van der Waals surface area contributed by atoms with E-state index in [-0.39, 0.29) is 23.3 Å².